The molecule has 8 heteroatoms. The summed E-state index contributed by atoms with van der Waals surface area (Å²) in [5.74, 6) is -2.27. The summed E-state index contributed by atoms with van der Waals surface area (Å²) in [5.41, 5.74) is -0.977. The van der Waals surface area contributed by atoms with Gasteiger partial charge in [0.05, 0.1) is 35.2 Å². The molecule has 118 valence electrons. The standard InChI is InChI=1S/C15H12N2O6/c18-7-15-6-5-10(23-15)11-12(15)14(20)16(13(11)19)8-1-3-9(4-2-8)17(21)22/h1-6,10-12,18H,7H2/t10-,11-,12+,15-/m1/s1. The Balaban J connectivity index is 1.72. The van der Waals surface area contributed by atoms with Crippen LogP contribution in [0.4, 0.5) is 11.4 Å². The van der Waals surface area contributed by atoms with Gasteiger partial charge in [-0.15, -0.1) is 0 Å². The maximum Gasteiger partial charge on any atom is 0.269 e. The summed E-state index contributed by atoms with van der Waals surface area (Å²) in [7, 11) is 0. The smallest absolute Gasteiger partial charge is 0.269 e. The summed E-state index contributed by atoms with van der Waals surface area (Å²) in [5, 5.41) is 20.3. The van der Waals surface area contributed by atoms with Crippen molar-refractivity contribution in [3.05, 3.63) is 46.5 Å². The van der Waals surface area contributed by atoms with Gasteiger partial charge < -0.3 is 9.84 Å². The van der Waals surface area contributed by atoms with E-state index in [2.05, 4.69) is 0 Å². The maximum absolute atomic E-state index is 12.7. The zero-order chi connectivity index (χ0) is 16.4. The number of fused-ring (bicyclic) bond motifs is 5. The first-order valence-corrected chi connectivity index (χ1v) is 7.09. The Kier molecular flexibility index (Phi) is 2.72. The van der Waals surface area contributed by atoms with E-state index < -0.39 is 40.3 Å². The molecule has 8 nitrogen and oxygen atoms in total. The van der Waals surface area contributed by atoms with E-state index in [4.69, 9.17) is 4.74 Å². The molecule has 0 radical (unpaired) electrons. The van der Waals surface area contributed by atoms with Gasteiger partial charge in [-0.05, 0) is 12.1 Å². The van der Waals surface area contributed by atoms with Gasteiger partial charge in [0.15, 0.2) is 0 Å². The molecule has 2 amide bonds. The molecule has 2 saturated heterocycles. The zero-order valence-corrected chi connectivity index (χ0v) is 11.8. The number of rotatable bonds is 3. The van der Waals surface area contributed by atoms with Gasteiger partial charge >= 0.3 is 0 Å². The molecule has 1 aromatic carbocycles. The van der Waals surface area contributed by atoms with E-state index in [-0.39, 0.29) is 18.0 Å². The van der Waals surface area contributed by atoms with Crippen LogP contribution in [-0.2, 0) is 14.3 Å². The van der Waals surface area contributed by atoms with E-state index in [0.29, 0.717) is 0 Å². The molecule has 3 aliphatic heterocycles. The summed E-state index contributed by atoms with van der Waals surface area (Å²) in [4.78, 5) is 36.5. The summed E-state index contributed by atoms with van der Waals surface area (Å²) in [6, 6.07) is 5.23. The van der Waals surface area contributed by atoms with Crippen molar-refractivity contribution in [3.8, 4) is 0 Å². The van der Waals surface area contributed by atoms with Crippen LogP contribution in [0.1, 0.15) is 0 Å². The summed E-state index contributed by atoms with van der Waals surface area (Å²) in [6.45, 7) is -0.381. The van der Waals surface area contributed by atoms with Crippen LogP contribution < -0.4 is 4.90 Å². The molecule has 4 atom stereocenters. The number of imide groups is 1. The normalized spacial score (nSPS) is 34.3. The Hall–Kier alpha value is -2.58. The minimum atomic E-state index is -1.14. The molecule has 0 saturated carbocycles. The molecule has 4 rings (SSSR count). The number of aliphatic hydroxyl groups is 1. The van der Waals surface area contributed by atoms with Crippen molar-refractivity contribution >= 4 is 23.2 Å². The largest absolute Gasteiger partial charge is 0.393 e. The van der Waals surface area contributed by atoms with Crippen LogP contribution in [0.5, 0.6) is 0 Å². The predicted octanol–water partition coefficient (Wildman–Crippen LogP) is 0.400. The van der Waals surface area contributed by atoms with Gasteiger partial charge in [-0.2, -0.15) is 0 Å². The fraction of sp³-hybridized carbons (Fsp3) is 0.333. The first kappa shape index (κ1) is 14.0. The number of nitrogens with zero attached hydrogens (tertiary/aromatic N) is 2. The minimum absolute atomic E-state index is 0.120. The molecule has 0 unspecified atom stereocenters. The summed E-state index contributed by atoms with van der Waals surface area (Å²) >= 11 is 0. The highest BCUT2D eigenvalue weighted by Gasteiger charge is 2.67. The summed E-state index contributed by atoms with van der Waals surface area (Å²) in [6.07, 6.45) is 2.82. The first-order chi connectivity index (χ1) is 11.0. The Bertz CT molecular complexity index is 758. The van der Waals surface area contributed by atoms with E-state index in [0.717, 1.165) is 4.90 Å². The lowest BCUT2D eigenvalue weighted by Gasteiger charge is -2.26. The van der Waals surface area contributed by atoms with Gasteiger partial charge in [0.2, 0.25) is 11.8 Å². The predicted molar refractivity (Wildman–Crippen MR) is 76.4 cm³/mol. The summed E-state index contributed by atoms with van der Waals surface area (Å²) < 4.78 is 5.63. The number of amides is 2. The average Bonchev–Trinajstić information content (AvgIpc) is 3.19. The topological polar surface area (TPSA) is 110 Å². The number of nitro benzene ring substituents is 1. The van der Waals surface area contributed by atoms with Crippen molar-refractivity contribution in [2.24, 2.45) is 11.8 Å². The van der Waals surface area contributed by atoms with Gasteiger partial charge in [0.25, 0.3) is 5.69 Å². The maximum atomic E-state index is 12.7. The average molecular weight is 316 g/mol. The molecule has 2 fully saturated rings. The number of carbonyl (C=O) groups is 2. The SMILES string of the molecule is O=C1[C@H]2[C@@H](C(=O)N1c1ccc([N+](=O)[O-])cc1)[C@]1(CO)C=C[C@H]2O1. The monoisotopic (exact) mass is 316 g/mol. The number of aliphatic hydroxyl groups excluding tert-OH is 1. The number of anilines is 1. The Morgan fingerprint density at radius 3 is 2.57 bits per heavy atom. The fourth-order valence-corrected chi connectivity index (χ4v) is 3.66. The third-order valence-electron chi connectivity index (χ3n) is 4.72. The second-order valence-electron chi connectivity index (χ2n) is 5.84. The van der Waals surface area contributed by atoms with Gasteiger partial charge in [0, 0.05) is 12.1 Å². The number of hydrogen-bond donors (Lipinski definition) is 1. The zero-order valence-electron chi connectivity index (χ0n) is 11.8. The van der Waals surface area contributed by atoms with Crippen LogP contribution in [0.2, 0.25) is 0 Å². The van der Waals surface area contributed by atoms with Gasteiger partial charge in [-0.25, -0.2) is 4.90 Å². The van der Waals surface area contributed by atoms with Crippen LogP contribution in [0.15, 0.2) is 36.4 Å². The van der Waals surface area contributed by atoms with E-state index in [1.54, 1.807) is 12.2 Å². The lowest BCUT2D eigenvalue weighted by molar-refractivity contribution is -0.384. The van der Waals surface area contributed by atoms with Crippen LogP contribution in [0, 0.1) is 22.0 Å². The van der Waals surface area contributed by atoms with Gasteiger partial charge in [-0.1, -0.05) is 12.2 Å². The third-order valence-corrected chi connectivity index (χ3v) is 4.72. The van der Waals surface area contributed by atoms with Crippen LogP contribution >= 0.6 is 0 Å². The highest BCUT2D eigenvalue weighted by Crippen LogP contribution is 2.52. The molecule has 3 aliphatic rings. The Morgan fingerprint density at radius 2 is 1.96 bits per heavy atom. The second kappa shape index (κ2) is 4.46. The Morgan fingerprint density at radius 1 is 1.26 bits per heavy atom. The van der Waals surface area contributed by atoms with Gasteiger partial charge in [-0.3, -0.25) is 19.7 Å². The molecular formula is C15H12N2O6. The molecule has 2 bridgehead atoms. The highest BCUT2D eigenvalue weighted by molar-refractivity contribution is 6.23. The second-order valence-corrected chi connectivity index (χ2v) is 5.84. The van der Waals surface area contributed by atoms with E-state index in [1.165, 1.54) is 24.3 Å². The molecule has 0 aliphatic carbocycles. The van der Waals surface area contributed by atoms with Gasteiger partial charge in [0.1, 0.15) is 5.60 Å². The molecular weight excluding hydrogens is 304 g/mol. The van der Waals surface area contributed by atoms with Crippen molar-refractivity contribution in [3.63, 3.8) is 0 Å². The number of carbonyl (C=O) groups excluding carboxylic acids is 2. The van der Waals surface area contributed by atoms with Crippen molar-refractivity contribution in [1.82, 2.24) is 0 Å². The van der Waals surface area contributed by atoms with E-state index in [1.807, 2.05) is 0 Å². The first-order valence-electron chi connectivity index (χ1n) is 7.09. The van der Waals surface area contributed by atoms with Crippen LogP contribution in [0.25, 0.3) is 0 Å². The van der Waals surface area contributed by atoms with E-state index in [9.17, 15) is 24.8 Å². The number of nitro groups is 1. The van der Waals surface area contributed by atoms with Crippen LogP contribution in [0.3, 0.4) is 0 Å². The number of non-ortho nitro benzene ring substituents is 1. The number of ether oxygens (including phenoxy) is 1. The molecule has 0 spiro atoms. The van der Waals surface area contributed by atoms with Crippen molar-refractivity contribution in [2.45, 2.75) is 11.7 Å². The lowest BCUT2D eigenvalue weighted by Crippen LogP contribution is -2.43. The molecule has 3 heterocycles. The number of benzene rings is 1. The molecule has 1 aromatic rings. The Labute approximate surface area is 130 Å². The molecule has 1 N–H and O–H groups in total. The quantitative estimate of drug-likeness (QED) is 0.374. The lowest BCUT2D eigenvalue weighted by atomic mass is 9.77. The molecule has 0 aromatic heterocycles. The van der Waals surface area contributed by atoms with Crippen molar-refractivity contribution < 1.29 is 24.4 Å². The third kappa shape index (κ3) is 1.67. The van der Waals surface area contributed by atoms with E-state index >= 15 is 0 Å². The van der Waals surface area contributed by atoms with Crippen molar-refractivity contribution in [1.29, 1.82) is 0 Å². The fourth-order valence-electron chi connectivity index (χ4n) is 3.66. The highest BCUT2D eigenvalue weighted by atomic mass is 16.6. The minimum Gasteiger partial charge on any atom is -0.393 e. The molecule has 23 heavy (non-hydrogen) atoms. The number of hydrogen-bond acceptors (Lipinski definition) is 6. The van der Waals surface area contributed by atoms with Crippen LogP contribution in [-0.4, -0.2) is 40.2 Å². The van der Waals surface area contributed by atoms with Crippen molar-refractivity contribution in [2.75, 3.05) is 11.5 Å².